The molecule has 2 rings (SSSR count). The minimum absolute atomic E-state index is 0.105. The molecule has 0 atom stereocenters. The van der Waals surface area contributed by atoms with Gasteiger partial charge in [-0.25, -0.2) is 0 Å². The molecule has 0 aliphatic rings. The number of rotatable bonds is 3. The molecule has 2 aromatic rings. The van der Waals surface area contributed by atoms with Crippen LogP contribution in [0.5, 0.6) is 0 Å². The van der Waals surface area contributed by atoms with Crippen LogP contribution in [0, 0.1) is 0 Å². The summed E-state index contributed by atoms with van der Waals surface area (Å²) in [6.07, 6.45) is 3.76. The van der Waals surface area contributed by atoms with Crippen molar-refractivity contribution in [2.75, 3.05) is 5.32 Å². The topological polar surface area (TPSA) is 50.9 Å². The molecule has 100 valence electrons. The van der Waals surface area contributed by atoms with Crippen molar-refractivity contribution in [3.63, 3.8) is 0 Å². The largest absolute Gasteiger partial charge is 0.354 e. The maximum Gasteiger partial charge on any atom is 0.0573 e. The predicted octanol–water partition coefficient (Wildman–Crippen LogP) is 3.58. The van der Waals surface area contributed by atoms with Crippen molar-refractivity contribution >= 4 is 11.4 Å². The van der Waals surface area contributed by atoms with E-state index in [-0.39, 0.29) is 5.41 Å². The molecule has 0 saturated heterocycles. The molecule has 0 saturated carbocycles. The van der Waals surface area contributed by atoms with E-state index in [4.69, 9.17) is 5.73 Å². The van der Waals surface area contributed by atoms with Crippen LogP contribution in [0.25, 0.3) is 0 Å². The van der Waals surface area contributed by atoms with Gasteiger partial charge in [0.2, 0.25) is 0 Å². The third-order valence-electron chi connectivity index (χ3n) is 3.08. The third-order valence-corrected chi connectivity index (χ3v) is 3.08. The van der Waals surface area contributed by atoms with Crippen molar-refractivity contribution < 1.29 is 0 Å². The molecule has 0 fully saturated rings. The van der Waals surface area contributed by atoms with Crippen molar-refractivity contribution in [3.8, 4) is 0 Å². The number of anilines is 2. The van der Waals surface area contributed by atoms with Crippen LogP contribution in [-0.2, 0) is 12.0 Å². The number of nitrogens with one attached hydrogen (secondary N) is 1. The SMILES string of the molecule is CC(C)(C)c1cncc(Nc2ccc(CN)cc2)c1. The second-order valence-corrected chi connectivity index (χ2v) is 5.74. The Bertz CT molecular complexity index is 539. The maximum absolute atomic E-state index is 5.59. The van der Waals surface area contributed by atoms with E-state index in [0.29, 0.717) is 6.54 Å². The Labute approximate surface area is 114 Å². The zero-order valence-electron chi connectivity index (χ0n) is 11.8. The summed E-state index contributed by atoms with van der Waals surface area (Å²) in [6.45, 7) is 7.12. The van der Waals surface area contributed by atoms with Gasteiger partial charge >= 0.3 is 0 Å². The molecule has 0 unspecified atom stereocenters. The highest BCUT2D eigenvalue weighted by Gasteiger charge is 2.14. The quantitative estimate of drug-likeness (QED) is 0.881. The highest BCUT2D eigenvalue weighted by Crippen LogP contribution is 2.25. The van der Waals surface area contributed by atoms with E-state index in [1.54, 1.807) is 0 Å². The van der Waals surface area contributed by atoms with E-state index >= 15 is 0 Å². The van der Waals surface area contributed by atoms with Crippen LogP contribution in [-0.4, -0.2) is 4.98 Å². The highest BCUT2D eigenvalue weighted by molar-refractivity contribution is 5.59. The lowest BCUT2D eigenvalue weighted by molar-refractivity contribution is 0.588. The van der Waals surface area contributed by atoms with Crippen LogP contribution in [0.2, 0.25) is 0 Å². The average molecular weight is 255 g/mol. The van der Waals surface area contributed by atoms with Gasteiger partial charge in [-0.1, -0.05) is 32.9 Å². The molecule has 0 aliphatic heterocycles. The van der Waals surface area contributed by atoms with Gasteiger partial charge in [-0.05, 0) is 34.7 Å². The summed E-state index contributed by atoms with van der Waals surface area (Å²) >= 11 is 0. The van der Waals surface area contributed by atoms with Crippen molar-refractivity contribution in [1.82, 2.24) is 4.98 Å². The lowest BCUT2D eigenvalue weighted by Crippen LogP contribution is -2.11. The molecule has 3 nitrogen and oxygen atoms in total. The summed E-state index contributed by atoms with van der Waals surface area (Å²) in [5.41, 5.74) is 10.1. The number of nitrogens with two attached hydrogens (primary N) is 1. The van der Waals surface area contributed by atoms with Crippen LogP contribution in [0.1, 0.15) is 31.9 Å². The molecule has 1 aromatic carbocycles. The minimum Gasteiger partial charge on any atom is -0.354 e. The lowest BCUT2D eigenvalue weighted by Gasteiger charge is -2.19. The Morgan fingerprint density at radius 1 is 1.05 bits per heavy atom. The number of nitrogens with zero attached hydrogens (tertiary/aromatic N) is 1. The van der Waals surface area contributed by atoms with Crippen molar-refractivity contribution in [2.24, 2.45) is 5.73 Å². The minimum atomic E-state index is 0.105. The summed E-state index contributed by atoms with van der Waals surface area (Å²) < 4.78 is 0. The Hall–Kier alpha value is -1.87. The monoisotopic (exact) mass is 255 g/mol. The van der Waals surface area contributed by atoms with E-state index in [9.17, 15) is 0 Å². The highest BCUT2D eigenvalue weighted by atomic mass is 14.9. The fraction of sp³-hybridized carbons (Fsp3) is 0.312. The molecule has 3 heteroatoms. The van der Waals surface area contributed by atoms with Gasteiger partial charge in [-0.2, -0.15) is 0 Å². The second kappa shape index (κ2) is 5.41. The third kappa shape index (κ3) is 3.55. The Morgan fingerprint density at radius 3 is 2.32 bits per heavy atom. The van der Waals surface area contributed by atoms with Gasteiger partial charge in [0.1, 0.15) is 0 Å². The number of benzene rings is 1. The molecule has 0 radical (unpaired) electrons. The van der Waals surface area contributed by atoms with Gasteiger partial charge in [-0.3, -0.25) is 4.98 Å². The number of aromatic nitrogens is 1. The van der Waals surface area contributed by atoms with E-state index in [1.165, 1.54) is 5.56 Å². The van der Waals surface area contributed by atoms with Crippen LogP contribution in [0.3, 0.4) is 0 Å². The van der Waals surface area contributed by atoms with Gasteiger partial charge in [0.05, 0.1) is 11.9 Å². The first-order valence-electron chi connectivity index (χ1n) is 6.50. The summed E-state index contributed by atoms with van der Waals surface area (Å²) in [4.78, 5) is 4.30. The van der Waals surface area contributed by atoms with Crippen LogP contribution >= 0.6 is 0 Å². The summed E-state index contributed by atoms with van der Waals surface area (Å²) in [5, 5.41) is 3.36. The average Bonchev–Trinajstić information content (AvgIpc) is 2.39. The first-order chi connectivity index (χ1) is 8.99. The first kappa shape index (κ1) is 13.6. The molecular weight excluding hydrogens is 234 g/mol. The fourth-order valence-electron chi connectivity index (χ4n) is 1.81. The number of hydrogen-bond acceptors (Lipinski definition) is 3. The maximum atomic E-state index is 5.59. The number of hydrogen-bond donors (Lipinski definition) is 2. The molecule has 0 bridgehead atoms. The summed E-state index contributed by atoms with van der Waals surface area (Å²) in [6, 6.07) is 10.3. The van der Waals surface area contributed by atoms with Crippen LogP contribution in [0.15, 0.2) is 42.7 Å². The molecule has 3 N–H and O–H groups in total. The van der Waals surface area contributed by atoms with Gasteiger partial charge < -0.3 is 11.1 Å². The van der Waals surface area contributed by atoms with Crippen molar-refractivity contribution in [3.05, 3.63) is 53.9 Å². The zero-order chi connectivity index (χ0) is 13.9. The Balaban J connectivity index is 2.18. The standard InChI is InChI=1S/C16H21N3/c1-16(2,3)13-8-15(11-18-10-13)19-14-6-4-12(9-17)5-7-14/h4-8,10-11,19H,9,17H2,1-3H3. The van der Waals surface area contributed by atoms with Crippen molar-refractivity contribution in [1.29, 1.82) is 0 Å². The van der Waals surface area contributed by atoms with Crippen LogP contribution < -0.4 is 11.1 Å². The molecule has 1 aromatic heterocycles. The zero-order valence-corrected chi connectivity index (χ0v) is 11.8. The van der Waals surface area contributed by atoms with E-state index in [1.807, 2.05) is 36.7 Å². The Morgan fingerprint density at radius 2 is 1.74 bits per heavy atom. The predicted molar refractivity (Wildman–Crippen MR) is 80.6 cm³/mol. The number of pyridine rings is 1. The summed E-state index contributed by atoms with van der Waals surface area (Å²) in [5.74, 6) is 0. The lowest BCUT2D eigenvalue weighted by atomic mass is 9.88. The van der Waals surface area contributed by atoms with Gasteiger partial charge in [0, 0.05) is 18.4 Å². The van der Waals surface area contributed by atoms with E-state index in [2.05, 4.69) is 37.1 Å². The van der Waals surface area contributed by atoms with E-state index in [0.717, 1.165) is 16.9 Å². The summed E-state index contributed by atoms with van der Waals surface area (Å²) in [7, 11) is 0. The second-order valence-electron chi connectivity index (χ2n) is 5.74. The van der Waals surface area contributed by atoms with Gasteiger partial charge in [0.25, 0.3) is 0 Å². The van der Waals surface area contributed by atoms with Crippen LogP contribution in [0.4, 0.5) is 11.4 Å². The smallest absolute Gasteiger partial charge is 0.0573 e. The molecular formula is C16H21N3. The molecule has 0 amide bonds. The first-order valence-corrected chi connectivity index (χ1v) is 6.50. The molecule has 1 heterocycles. The van der Waals surface area contributed by atoms with Gasteiger partial charge in [-0.15, -0.1) is 0 Å². The van der Waals surface area contributed by atoms with Crippen molar-refractivity contribution in [2.45, 2.75) is 32.7 Å². The van der Waals surface area contributed by atoms with Gasteiger partial charge in [0.15, 0.2) is 0 Å². The molecule has 0 spiro atoms. The Kier molecular flexibility index (Phi) is 3.86. The van der Waals surface area contributed by atoms with E-state index < -0.39 is 0 Å². The molecule has 0 aliphatic carbocycles. The molecule has 19 heavy (non-hydrogen) atoms. The normalized spacial score (nSPS) is 11.4. The fourth-order valence-corrected chi connectivity index (χ4v) is 1.81.